The molecule has 1 saturated carbocycles. The Labute approximate surface area is 80.6 Å². The molecule has 0 amide bonds. The maximum absolute atomic E-state index is 10.4. The minimum absolute atomic E-state index is 0.245. The quantitative estimate of drug-likeness (QED) is 0.674. The van der Waals surface area contributed by atoms with E-state index < -0.39 is 5.60 Å². The summed E-state index contributed by atoms with van der Waals surface area (Å²) in [5, 5.41) is 19.2. The molecule has 1 N–H and O–H groups in total. The Morgan fingerprint density at radius 1 is 1.54 bits per heavy atom. The van der Waals surface area contributed by atoms with Gasteiger partial charge in [0.05, 0.1) is 17.6 Å². The van der Waals surface area contributed by atoms with Crippen molar-refractivity contribution in [1.29, 1.82) is 5.26 Å². The van der Waals surface area contributed by atoms with Gasteiger partial charge in [0.25, 0.3) is 0 Å². The van der Waals surface area contributed by atoms with Crippen LogP contribution < -0.4 is 0 Å². The van der Waals surface area contributed by atoms with Gasteiger partial charge in [0.2, 0.25) is 0 Å². The minimum atomic E-state index is -0.744. The standard InChI is InChI=1S/C11H19NO/c1-8-5-4-6-11(13,10(8)3)9(2)7-12/h8-10,13H,4-6H2,1-3H3. The first-order valence-corrected chi connectivity index (χ1v) is 5.14. The highest BCUT2D eigenvalue weighted by molar-refractivity contribution is 5.02. The molecule has 0 heterocycles. The zero-order valence-electron chi connectivity index (χ0n) is 8.75. The minimum Gasteiger partial charge on any atom is -0.388 e. The van der Waals surface area contributed by atoms with Crippen LogP contribution in [0, 0.1) is 29.1 Å². The van der Waals surface area contributed by atoms with Gasteiger partial charge in [-0.1, -0.05) is 26.7 Å². The van der Waals surface area contributed by atoms with Crippen LogP contribution in [-0.4, -0.2) is 10.7 Å². The summed E-state index contributed by atoms with van der Waals surface area (Å²) in [6.07, 6.45) is 3.02. The normalized spacial score (nSPS) is 42.4. The molecule has 0 aromatic heterocycles. The lowest BCUT2D eigenvalue weighted by Gasteiger charge is -2.43. The molecule has 0 aromatic rings. The lowest BCUT2D eigenvalue weighted by Crippen LogP contribution is -2.47. The van der Waals surface area contributed by atoms with E-state index in [1.54, 1.807) is 0 Å². The van der Waals surface area contributed by atoms with E-state index in [1.165, 1.54) is 6.42 Å². The first-order valence-electron chi connectivity index (χ1n) is 5.14. The third kappa shape index (κ3) is 1.71. The van der Waals surface area contributed by atoms with Crippen LogP contribution in [0.15, 0.2) is 0 Å². The van der Waals surface area contributed by atoms with Crippen LogP contribution in [0.2, 0.25) is 0 Å². The van der Waals surface area contributed by atoms with Gasteiger partial charge >= 0.3 is 0 Å². The maximum atomic E-state index is 10.4. The van der Waals surface area contributed by atoms with E-state index in [2.05, 4.69) is 19.9 Å². The van der Waals surface area contributed by atoms with E-state index >= 15 is 0 Å². The second-order valence-corrected chi connectivity index (χ2v) is 4.50. The fourth-order valence-corrected chi connectivity index (χ4v) is 2.40. The van der Waals surface area contributed by atoms with Crippen molar-refractivity contribution >= 4 is 0 Å². The molecule has 1 rings (SSSR count). The van der Waals surface area contributed by atoms with Gasteiger partial charge in [-0.15, -0.1) is 0 Å². The third-order valence-corrected chi connectivity index (χ3v) is 3.82. The zero-order chi connectivity index (χ0) is 10.1. The van der Waals surface area contributed by atoms with Crippen molar-refractivity contribution in [3.63, 3.8) is 0 Å². The second kappa shape index (κ2) is 3.67. The molecule has 0 spiro atoms. The summed E-state index contributed by atoms with van der Waals surface area (Å²) < 4.78 is 0. The fourth-order valence-electron chi connectivity index (χ4n) is 2.40. The van der Waals surface area contributed by atoms with Crippen molar-refractivity contribution in [2.75, 3.05) is 0 Å². The number of aliphatic hydroxyl groups is 1. The van der Waals surface area contributed by atoms with Crippen molar-refractivity contribution in [2.24, 2.45) is 17.8 Å². The van der Waals surface area contributed by atoms with Gasteiger partial charge in [-0.3, -0.25) is 0 Å². The fraction of sp³-hybridized carbons (Fsp3) is 0.909. The van der Waals surface area contributed by atoms with Crippen molar-refractivity contribution in [3.05, 3.63) is 0 Å². The van der Waals surface area contributed by atoms with Gasteiger partial charge < -0.3 is 5.11 Å². The van der Waals surface area contributed by atoms with Crippen molar-refractivity contribution in [3.8, 4) is 6.07 Å². The van der Waals surface area contributed by atoms with E-state index in [9.17, 15) is 5.11 Å². The summed E-state index contributed by atoms with van der Waals surface area (Å²) in [7, 11) is 0. The molecule has 4 atom stereocenters. The number of rotatable bonds is 1. The SMILES string of the molecule is CC1CCCC(O)(C(C)C#N)C1C. The number of hydrogen-bond donors (Lipinski definition) is 1. The molecule has 0 saturated heterocycles. The molecule has 13 heavy (non-hydrogen) atoms. The van der Waals surface area contributed by atoms with Crippen molar-refractivity contribution < 1.29 is 5.11 Å². The Balaban J connectivity index is 2.82. The first kappa shape index (κ1) is 10.5. The van der Waals surface area contributed by atoms with Crippen molar-refractivity contribution in [1.82, 2.24) is 0 Å². The molecule has 4 unspecified atom stereocenters. The van der Waals surface area contributed by atoms with Crippen LogP contribution in [0.3, 0.4) is 0 Å². The van der Waals surface area contributed by atoms with Crippen LogP contribution >= 0.6 is 0 Å². The molecule has 1 fully saturated rings. The van der Waals surface area contributed by atoms with Gasteiger partial charge in [-0.2, -0.15) is 5.26 Å². The lowest BCUT2D eigenvalue weighted by molar-refractivity contribution is -0.0869. The Hall–Kier alpha value is -0.550. The zero-order valence-corrected chi connectivity index (χ0v) is 8.75. The summed E-state index contributed by atoms with van der Waals surface area (Å²) in [4.78, 5) is 0. The van der Waals surface area contributed by atoms with Gasteiger partial charge in [0.1, 0.15) is 0 Å². The molecule has 0 aliphatic heterocycles. The average Bonchev–Trinajstić information content (AvgIpc) is 2.13. The average molecular weight is 181 g/mol. The lowest BCUT2D eigenvalue weighted by atomic mass is 9.66. The monoisotopic (exact) mass is 181 g/mol. The summed E-state index contributed by atoms with van der Waals surface area (Å²) in [6, 6.07) is 2.18. The largest absolute Gasteiger partial charge is 0.388 e. The smallest absolute Gasteiger partial charge is 0.0830 e. The molecular formula is C11H19NO. The molecule has 1 aliphatic rings. The molecule has 0 radical (unpaired) electrons. The van der Waals surface area contributed by atoms with Crippen LogP contribution in [-0.2, 0) is 0 Å². The van der Waals surface area contributed by atoms with E-state index in [0.717, 1.165) is 12.8 Å². The summed E-state index contributed by atoms with van der Waals surface area (Å²) in [5.41, 5.74) is -0.744. The summed E-state index contributed by atoms with van der Waals surface area (Å²) >= 11 is 0. The molecule has 1 aliphatic carbocycles. The van der Waals surface area contributed by atoms with Crippen LogP contribution in [0.25, 0.3) is 0 Å². The van der Waals surface area contributed by atoms with Crippen LogP contribution in [0.4, 0.5) is 0 Å². The first-order chi connectivity index (χ1) is 6.02. The number of hydrogen-bond acceptors (Lipinski definition) is 2. The molecule has 0 aromatic carbocycles. The number of nitrogens with zero attached hydrogens (tertiary/aromatic N) is 1. The van der Waals surface area contributed by atoms with Crippen molar-refractivity contribution in [2.45, 2.75) is 45.6 Å². The van der Waals surface area contributed by atoms with Crippen LogP contribution in [0.5, 0.6) is 0 Å². The summed E-state index contributed by atoms with van der Waals surface area (Å²) in [5.74, 6) is 0.538. The predicted molar refractivity (Wildman–Crippen MR) is 51.9 cm³/mol. The van der Waals surface area contributed by atoms with Gasteiger partial charge in [0.15, 0.2) is 0 Å². The highest BCUT2D eigenvalue weighted by Gasteiger charge is 2.43. The van der Waals surface area contributed by atoms with Gasteiger partial charge in [-0.25, -0.2) is 0 Å². The van der Waals surface area contributed by atoms with Gasteiger partial charge in [0, 0.05) is 0 Å². The van der Waals surface area contributed by atoms with E-state index in [0.29, 0.717) is 5.92 Å². The third-order valence-electron chi connectivity index (χ3n) is 3.82. The Morgan fingerprint density at radius 3 is 2.69 bits per heavy atom. The van der Waals surface area contributed by atoms with Gasteiger partial charge in [-0.05, 0) is 25.2 Å². The summed E-state index contributed by atoms with van der Waals surface area (Å²) in [6.45, 7) is 6.06. The highest BCUT2D eigenvalue weighted by atomic mass is 16.3. The molecular weight excluding hydrogens is 162 g/mol. The molecule has 2 nitrogen and oxygen atoms in total. The van der Waals surface area contributed by atoms with E-state index in [-0.39, 0.29) is 11.8 Å². The Morgan fingerprint density at radius 2 is 2.15 bits per heavy atom. The van der Waals surface area contributed by atoms with E-state index in [4.69, 9.17) is 5.26 Å². The molecule has 0 bridgehead atoms. The number of nitriles is 1. The molecule has 2 heteroatoms. The topological polar surface area (TPSA) is 44.0 Å². The second-order valence-electron chi connectivity index (χ2n) is 4.50. The molecule has 74 valence electrons. The predicted octanol–water partition coefficient (Wildman–Crippen LogP) is 2.33. The maximum Gasteiger partial charge on any atom is 0.0830 e. The Kier molecular flexibility index (Phi) is 2.98. The highest BCUT2D eigenvalue weighted by Crippen LogP contribution is 2.41. The van der Waals surface area contributed by atoms with Crippen LogP contribution in [0.1, 0.15) is 40.0 Å². The van der Waals surface area contributed by atoms with E-state index in [1.807, 2.05) is 6.92 Å². The Bertz CT molecular complexity index is 221.